The van der Waals surface area contributed by atoms with Crippen LogP contribution in [0.25, 0.3) is 11.2 Å². The van der Waals surface area contributed by atoms with Crippen LogP contribution < -0.4 is 16.4 Å². The van der Waals surface area contributed by atoms with Crippen molar-refractivity contribution < 1.29 is 14.7 Å². The van der Waals surface area contributed by atoms with E-state index in [0.717, 1.165) is 0 Å². The first-order valence-corrected chi connectivity index (χ1v) is 6.49. The Morgan fingerprint density at radius 1 is 1.41 bits per heavy atom. The number of hydrogen-bond acceptors (Lipinski definition) is 8. The van der Waals surface area contributed by atoms with Crippen LogP contribution in [0.15, 0.2) is 6.20 Å². The third-order valence-electron chi connectivity index (χ3n) is 3.40. The Bertz CT molecular complexity index is 779. The number of carbonyl (C=O) groups is 2. The summed E-state index contributed by atoms with van der Waals surface area (Å²) in [5.41, 5.74) is 11.6. The van der Waals surface area contributed by atoms with Crippen molar-refractivity contribution in [3.63, 3.8) is 0 Å². The summed E-state index contributed by atoms with van der Waals surface area (Å²) in [6, 6.07) is 0. The molecule has 1 aliphatic rings. The van der Waals surface area contributed by atoms with E-state index in [1.54, 1.807) is 0 Å². The number of rotatable bonds is 3. The van der Waals surface area contributed by atoms with Gasteiger partial charge in [-0.3, -0.25) is 14.5 Å². The maximum absolute atomic E-state index is 12.1. The number of aliphatic hydroxyl groups is 1. The van der Waals surface area contributed by atoms with Crippen molar-refractivity contribution in [2.75, 3.05) is 17.2 Å². The number of aliphatic hydroxyl groups excluding tert-OH is 1. The van der Waals surface area contributed by atoms with Crippen molar-refractivity contribution in [3.8, 4) is 0 Å². The molecule has 0 radical (unpaired) electrons. The molecule has 1 atom stereocenters. The summed E-state index contributed by atoms with van der Waals surface area (Å²) >= 11 is 0. The summed E-state index contributed by atoms with van der Waals surface area (Å²) in [5.74, 6) is -1.35. The number of nitrogen functional groups attached to an aromatic ring is 1. The summed E-state index contributed by atoms with van der Waals surface area (Å²) < 4.78 is 0. The Morgan fingerprint density at radius 2 is 2.18 bits per heavy atom. The SMILES string of the molecule is NC(=O)C1CC(=O)N(c2nc(N)nc3ncc(CO)nc23)C1. The van der Waals surface area contributed by atoms with Crippen LogP contribution in [0, 0.1) is 5.92 Å². The van der Waals surface area contributed by atoms with Crippen molar-refractivity contribution in [3.05, 3.63) is 11.9 Å². The average Bonchev–Trinajstić information content (AvgIpc) is 2.88. The standard InChI is InChI=1S/C12H13N7O3/c13-9(22)5-1-7(21)19(3-5)11-8-10(17-12(14)18-11)15-2-6(4-20)16-8/h2,5,20H,1,3-4H2,(H2,13,22)(H2,14,15,17,18). The lowest BCUT2D eigenvalue weighted by atomic mass is 10.1. The number of hydrogen-bond donors (Lipinski definition) is 3. The van der Waals surface area contributed by atoms with Gasteiger partial charge in [0.1, 0.15) is 0 Å². The molecule has 1 aliphatic heterocycles. The van der Waals surface area contributed by atoms with Crippen LogP contribution in [0.4, 0.5) is 11.8 Å². The number of nitrogens with two attached hydrogens (primary N) is 2. The van der Waals surface area contributed by atoms with Gasteiger partial charge in [0.15, 0.2) is 17.0 Å². The Kier molecular flexibility index (Phi) is 3.29. The third kappa shape index (κ3) is 2.29. The van der Waals surface area contributed by atoms with Gasteiger partial charge in [-0.05, 0) is 0 Å². The van der Waals surface area contributed by atoms with Crippen LogP contribution in [0.5, 0.6) is 0 Å². The van der Waals surface area contributed by atoms with Gasteiger partial charge in [-0.25, -0.2) is 9.97 Å². The molecule has 2 aromatic heterocycles. The molecule has 0 aromatic carbocycles. The van der Waals surface area contributed by atoms with Crippen molar-refractivity contribution in [2.45, 2.75) is 13.0 Å². The molecule has 0 bridgehead atoms. The molecule has 0 spiro atoms. The molecule has 10 heteroatoms. The predicted octanol–water partition coefficient (Wildman–Crippen LogP) is -1.67. The van der Waals surface area contributed by atoms with Crippen LogP contribution in [-0.4, -0.2) is 43.4 Å². The molecule has 2 aromatic rings. The van der Waals surface area contributed by atoms with Gasteiger partial charge in [-0.15, -0.1) is 0 Å². The first-order valence-electron chi connectivity index (χ1n) is 6.49. The quantitative estimate of drug-likeness (QED) is 0.606. The molecular weight excluding hydrogens is 290 g/mol. The largest absolute Gasteiger partial charge is 0.390 e. The molecule has 0 aliphatic carbocycles. The van der Waals surface area contributed by atoms with Crippen LogP contribution in [-0.2, 0) is 16.2 Å². The van der Waals surface area contributed by atoms with E-state index in [0.29, 0.717) is 5.69 Å². The first kappa shape index (κ1) is 14.1. The molecule has 2 amide bonds. The highest BCUT2D eigenvalue weighted by Gasteiger charge is 2.36. The molecule has 1 unspecified atom stereocenters. The van der Waals surface area contributed by atoms with E-state index in [-0.39, 0.29) is 48.4 Å². The topological polar surface area (TPSA) is 161 Å². The number of primary amides is 1. The minimum Gasteiger partial charge on any atom is -0.390 e. The zero-order valence-corrected chi connectivity index (χ0v) is 11.4. The van der Waals surface area contributed by atoms with Crippen molar-refractivity contribution in [1.82, 2.24) is 19.9 Å². The summed E-state index contributed by atoms with van der Waals surface area (Å²) in [4.78, 5) is 40.9. The summed E-state index contributed by atoms with van der Waals surface area (Å²) in [6.07, 6.45) is 1.37. The normalized spacial score (nSPS) is 18.1. The molecule has 3 heterocycles. The highest BCUT2D eigenvalue weighted by atomic mass is 16.3. The second-order valence-electron chi connectivity index (χ2n) is 4.90. The highest BCUT2D eigenvalue weighted by molar-refractivity contribution is 6.03. The molecule has 1 fully saturated rings. The van der Waals surface area contributed by atoms with Gasteiger partial charge >= 0.3 is 0 Å². The monoisotopic (exact) mass is 303 g/mol. The molecule has 1 saturated heterocycles. The molecule has 114 valence electrons. The van der Waals surface area contributed by atoms with Crippen LogP contribution in [0.1, 0.15) is 12.1 Å². The summed E-state index contributed by atoms with van der Waals surface area (Å²) in [5, 5.41) is 9.16. The van der Waals surface area contributed by atoms with E-state index >= 15 is 0 Å². The van der Waals surface area contributed by atoms with E-state index in [2.05, 4.69) is 19.9 Å². The van der Waals surface area contributed by atoms with Crippen LogP contribution in [0.3, 0.4) is 0 Å². The molecule has 3 rings (SSSR count). The predicted molar refractivity (Wildman–Crippen MR) is 75.1 cm³/mol. The molecule has 22 heavy (non-hydrogen) atoms. The van der Waals surface area contributed by atoms with Crippen LogP contribution in [0.2, 0.25) is 0 Å². The number of nitrogens with zero attached hydrogens (tertiary/aromatic N) is 5. The number of fused-ring (bicyclic) bond motifs is 1. The highest BCUT2D eigenvalue weighted by Crippen LogP contribution is 2.28. The minimum absolute atomic E-state index is 0.00779. The Morgan fingerprint density at radius 3 is 2.82 bits per heavy atom. The Hall–Kier alpha value is -2.88. The lowest BCUT2D eigenvalue weighted by Gasteiger charge is -2.16. The third-order valence-corrected chi connectivity index (χ3v) is 3.40. The summed E-state index contributed by atoms with van der Waals surface area (Å²) in [7, 11) is 0. The fourth-order valence-electron chi connectivity index (χ4n) is 2.31. The Balaban J connectivity index is 2.13. The lowest BCUT2D eigenvalue weighted by molar-refractivity contribution is -0.123. The van der Waals surface area contributed by atoms with Gasteiger partial charge in [0, 0.05) is 13.0 Å². The van der Waals surface area contributed by atoms with Gasteiger partial charge in [-0.1, -0.05) is 0 Å². The van der Waals surface area contributed by atoms with Crippen molar-refractivity contribution in [1.29, 1.82) is 0 Å². The fraction of sp³-hybridized carbons (Fsp3) is 0.333. The van der Waals surface area contributed by atoms with Crippen molar-refractivity contribution >= 4 is 34.7 Å². The van der Waals surface area contributed by atoms with E-state index in [1.165, 1.54) is 11.1 Å². The minimum atomic E-state index is -0.590. The first-order chi connectivity index (χ1) is 10.5. The number of carbonyl (C=O) groups excluding carboxylic acids is 2. The fourth-order valence-corrected chi connectivity index (χ4v) is 2.31. The summed E-state index contributed by atoms with van der Waals surface area (Å²) in [6.45, 7) is -0.213. The molecule has 5 N–H and O–H groups in total. The van der Waals surface area contributed by atoms with Gasteiger partial charge in [-0.2, -0.15) is 9.97 Å². The molecular formula is C12H13N7O3. The number of anilines is 2. The van der Waals surface area contributed by atoms with Crippen molar-refractivity contribution in [2.24, 2.45) is 11.7 Å². The van der Waals surface area contributed by atoms with E-state index in [4.69, 9.17) is 16.6 Å². The zero-order valence-electron chi connectivity index (χ0n) is 11.4. The van der Waals surface area contributed by atoms with Gasteiger partial charge in [0.25, 0.3) is 0 Å². The number of aromatic nitrogens is 4. The molecule has 10 nitrogen and oxygen atoms in total. The second-order valence-corrected chi connectivity index (χ2v) is 4.90. The van der Waals surface area contributed by atoms with E-state index < -0.39 is 11.8 Å². The maximum atomic E-state index is 12.1. The van der Waals surface area contributed by atoms with Gasteiger partial charge < -0.3 is 16.6 Å². The Labute approximate surface area is 124 Å². The van der Waals surface area contributed by atoms with E-state index in [1.807, 2.05) is 0 Å². The maximum Gasteiger partial charge on any atom is 0.229 e. The number of amides is 2. The molecule has 0 saturated carbocycles. The van der Waals surface area contributed by atoms with Gasteiger partial charge in [0.05, 0.1) is 24.4 Å². The lowest BCUT2D eigenvalue weighted by Crippen LogP contribution is -2.29. The second kappa shape index (κ2) is 5.15. The zero-order chi connectivity index (χ0) is 15.9. The van der Waals surface area contributed by atoms with E-state index in [9.17, 15) is 9.59 Å². The smallest absolute Gasteiger partial charge is 0.229 e. The van der Waals surface area contributed by atoms with Gasteiger partial charge in [0.2, 0.25) is 17.8 Å². The average molecular weight is 303 g/mol. The van der Waals surface area contributed by atoms with Crippen LogP contribution >= 0.6 is 0 Å².